The summed E-state index contributed by atoms with van der Waals surface area (Å²) >= 11 is 6.65. The molecule has 4 rings (SSSR count). The molecule has 1 saturated heterocycles. The maximum absolute atomic E-state index is 12.9. The molecule has 5 heteroatoms. The van der Waals surface area contributed by atoms with Gasteiger partial charge in [0.05, 0.1) is 0 Å². The van der Waals surface area contributed by atoms with Crippen LogP contribution in [0.25, 0.3) is 22.3 Å². The molecule has 1 aliphatic rings. The van der Waals surface area contributed by atoms with Crippen molar-refractivity contribution in [3.63, 3.8) is 0 Å². The Bertz CT molecular complexity index is 1180. The maximum atomic E-state index is 12.9. The summed E-state index contributed by atoms with van der Waals surface area (Å²) in [6.45, 7) is 14.7. The maximum Gasteiger partial charge on any atom is 0.253 e. The lowest BCUT2D eigenvalue weighted by Gasteiger charge is -2.46. The largest absolute Gasteiger partial charge is 0.338 e. The highest BCUT2D eigenvalue weighted by molar-refractivity contribution is 6.33. The summed E-state index contributed by atoms with van der Waals surface area (Å²) in [4.78, 5) is 23.8. The summed E-state index contributed by atoms with van der Waals surface area (Å²) in [6, 6.07) is 11.8. The molecule has 3 aromatic rings. The highest BCUT2D eigenvalue weighted by atomic mass is 35.5. The zero-order valence-electron chi connectivity index (χ0n) is 20.3. The number of amides is 1. The van der Waals surface area contributed by atoms with E-state index < -0.39 is 0 Å². The van der Waals surface area contributed by atoms with Gasteiger partial charge in [-0.2, -0.15) is 0 Å². The average Bonchev–Trinajstić information content (AvgIpc) is 2.71. The van der Waals surface area contributed by atoms with Crippen LogP contribution in [0.5, 0.6) is 0 Å². The van der Waals surface area contributed by atoms with Crippen LogP contribution in [-0.2, 0) is 5.41 Å². The third-order valence-electron chi connectivity index (χ3n) is 6.52. The fourth-order valence-electron chi connectivity index (χ4n) is 4.02. The number of hydrogen-bond acceptors (Lipinski definition) is 3. The first-order chi connectivity index (χ1) is 15.4. The second kappa shape index (κ2) is 8.57. The first kappa shape index (κ1) is 23.4. The predicted octanol–water partition coefficient (Wildman–Crippen LogP) is 6.88. The van der Waals surface area contributed by atoms with Gasteiger partial charge in [0.1, 0.15) is 0 Å². The Morgan fingerprint density at radius 3 is 2.27 bits per heavy atom. The zero-order chi connectivity index (χ0) is 24.0. The Kier molecular flexibility index (Phi) is 6.09. The van der Waals surface area contributed by atoms with Crippen molar-refractivity contribution in [2.45, 2.75) is 47.0 Å². The van der Waals surface area contributed by atoms with Crippen LogP contribution >= 0.6 is 11.6 Å². The first-order valence-electron chi connectivity index (χ1n) is 11.4. The van der Waals surface area contributed by atoms with Gasteiger partial charge >= 0.3 is 0 Å². The Labute approximate surface area is 202 Å². The van der Waals surface area contributed by atoms with Gasteiger partial charge in [-0.15, -0.1) is 0 Å². The number of hydrogen-bond donors (Lipinski definition) is 0. The highest BCUT2D eigenvalue weighted by Crippen LogP contribution is 2.36. The number of nitrogens with zero attached hydrogens (tertiary/aromatic N) is 3. The molecule has 1 amide bonds. The van der Waals surface area contributed by atoms with E-state index in [0.717, 1.165) is 41.0 Å². The second-order valence-electron chi connectivity index (χ2n) is 11.1. The molecule has 0 aliphatic carbocycles. The van der Waals surface area contributed by atoms with Crippen LogP contribution in [0.15, 0.2) is 55.0 Å². The molecule has 1 fully saturated rings. The van der Waals surface area contributed by atoms with Crippen molar-refractivity contribution < 1.29 is 4.79 Å². The van der Waals surface area contributed by atoms with E-state index in [0.29, 0.717) is 16.5 Å². The molecule has 1 aliphatic heterocycles. The van der Waals surface area contributed by atoms with Crippen molar-refractivity contribution in [1.82, 2.24) is 14.9 Å². The molecule has 4 nitrogen and oxygen atoms in total. The molecule has 0 saturated carbocycles. The number of rotatable bonds is 3. The molecule has 3 heterocycles. The van der Waals surface area contributed by atoms with E-state index in [9.17, 15) is 4.79 Å². The fourth-order valence-corrected chi connectivity index (χ4v) is 4.31. The van der Waals surface area contributed by atoms with E-state index in [1.165, 1.54) is 0 Å². The van der Waals surface area contributed by atoms with Crippen molar-refractivity contribution in [3.05, 3.63) is 71.3 Å². The van der Waals surface area contributed by atoms with E-state index in [1.807, 2.05) is 35.5 Å². The number of pyridine rings is 2. The Hall–Kier alpha value is -2.72. The smallest absolute Gasteiger partial charge is 0.253 e. The minimum Gasteiger partial charge on any atom is -0.338 e. The molecule has 0 radical (unpaired) electrons. The van der Waals surface area contributed by atoms with Gasteiger partial charge in [-0.05, 0) is 47.2 Å². The van der Waals surface area contributed by atoms with Gasteiger partial charge in [0.25, 0.3) is 5.91 Å². The van der Waals surface area contributed by atoms with Crippen LogP contribution in [0, 0.1) is 11.3 Å². The van der Waals surface area contributed by atoms with Gasteiger partial charge in [-0.3, -0.25) is 14.8 Å². The van der Waals surface area contributed by atoms with Crippen LogP contribution in [0.3, 0.4) is 0 Å². The van der Waals surface area contributed by atoms with E-state index in [4.69, 9.17) is 11.6 Å². The summed E-state index contributed by atoms with van der Waals surface area (Å²) in [6.07, 6.45) is 5.50. The van der Waals surface area contributed by atoms with Crippen molar-refractivity contribution >= 4 is 17.5 Å². The highest BCUT2D eigenvalue weighted by Gasteiger charge is 2.38. The number of benzene rings is 1. The number of likely N-dealkylation sites (tertiary alicyclic amines) is 1. The van der Waals surface area contributed by atoms with Gasteiger partial charge in [-0.25, -0.2) is 0 Å². The minimum atomic E-state index is -0.0317. The minimum absolute atomic E-state index is 0.0317. The number of halogens is 1. The zero-order valence-corrected chi connectivity index (χ0v) is 21.1. The molecule has 0 spiro atoms. The van der Waals surface area contributed by atoms with Crippen LogP contribution in [-0.4, -0.2) is 33.9 Å². The lowest BCUT2D eigenvalue weighted by atomic mass is 9.76. The lowest BCUT2D eigenvalue weighted by Crippen LogP contribution is -2.54. The normalized spacial score (nSPS) is 14.8. The van der Waals surface area contributed by atoms with Crippen molar-refractivity contribution in [3.8, 4) is 22.3 Å². The summed E-state index contributed by atoms with van der Waals surface area (Å²) in [5.41, 5.74) is 5.71. The molecule has 0 atom stereocenters. The van der Waals surface area contributed by atoms with Gasteiger partial charge < -0.3 is 4.90 Å². The standard InChI is InChI=1S/C28H32ClN3O/c1-27(2,3)22-16-32(17-22)26(33)19-7-8-23(24(29)12-19)21-11-20(14-30-15-21)18-9-10-31-25(13-18)28(4,5)6/h7-15,22H,16-17H2,1-6H3. The molecular formula is C28H32ClN3O. The molecule has 172 valence electrons. The lowest BCUT2D eigenvalue weighted by molar-refractivity contribution is 0.0210. The molecule has 1 aromatic carbocycles. The van der Waals surface area contributed by atoms with E-state index in [2.05, 4.69) is 63.6 Å². The summed E-state index contributed by atoms with van der Waals surface area (Å²) in [5, 5.41) is 0.554. The van der Waals surface area contributed by atoms with Crippen molar-refractivity contribution in [2.24, 2.45) is 11.3 Å². The van der Waals surface area contributed by atoms with Gasteiger partial charge in [-0.1, -0.05) is 59.2 Å². The van der Waals surface area contributed by atoms with E-state index >= 15 is 0 Å². The number of carbonyl (C=O) groups excluding carboxylic acids is 1. The summed E-state index contributed by atoms with van der Waals surface area (Å²) < 4.78 is 0. The van der Waals surface area contributed by atoms with Crippen LogP contribution < -0.4 is 0 Å². The van der Waals surface area contributed by atoms with Crippen molar-refractivity contribution in [2.75, 3.05) is 13.1 Å². The number of aromatic nitrogens is 2. The summed E-state index contributed by atoms with van der Waals surface area (Å²) in [5.74, 6) is 0.583. The molecule has 0 bridgehead atoms. The van der Waals surface area contributed by atoms with Crippen LogP contribution in [0.2, 0.25) is 5.02 Å². The Morgan fingerprint density at radius 1 is 0.939 bits per heavy atom. The SMILES string of the molecule is CC(C)(C)c1cc(-c2cncc(-c3ccc(C(=O)N4CC(C(C)(C)C)C4)cc3Cl)c2)ccn1. The summed E-state index contributed by atoms with van der Waals surface area (Å²) in [7, 11) is 0. The molecule has 0 unspecified atom stereocenters. The third kappa shape index (κ3) is 4.96. The molecule has 0 N–H and O–H groups in total. The van der Waals surface area contributed by atoms with Gasteiger partial charge in [0, 0.05) is 70.1 Å². The Balaban J connectivity index is 1.57. The molecule has 33 heavy (non-hydrogen) atoms. The quantitative estimate of drug-likeness (QED) is 0.427. The second-order valence-corrected chi connectivity index (χ2v) is 11.5. The van der Waals surface area contributed by atoms with Crippen LogP contribution in [0.1, 0.15) is 57.6 Å². The average molecular weight is 462 g/mol. The number of carbonyl (C=O) groups is 1. The first-order valence-corrected chi connectivity index (χ1v) is 11.8. The van der Waals surface area contributed by atoms with E-state index in [-0.39, 0.29) is 16.7 Å². The molecule has 2 aromatic heterocycles. The predicted molar refractivity (Wildman–Crippen MR) is 135 cm³/mol. The molecular weight excluding hydrogens is 430 g/mol. The van der Waals surface area contributed by atoms with Gasteiger partial charge in [0.15, 0.2) is 0 Å². The van der Waals surface area contributed by atoms with E-state index in [1.54, 1.807) is 12.3 Å². The van der Waals surface area contributed by atoms with Crippen molar-refractivity contribution in [1.29, 1.82) is 0 Å². The fraction of sp³-hybridized carbons (Fsp3) is 0.393. The topological polar surface area (TPSA) is 46.1 Å². The Morgan fingerprint density at radius 2 is 1.64 bits per heavy atom. The van der Waals surface area contributed by atoms with Gasteiger partial charge in [0.2, 0.25) is 0 Å². The third-order valence-corrected chi connectivity index (χ3v) is 6.83. The monoisotopic (exact) mass is 461 g/mol. The van der Waals surface area contributed by atoms with Crippen LogP contribution in [0.4, 0.5) is 0 Å².